The molecule has 0 N–H and O–H groups in total. The SMILES string of the molecule is CC(C)[Si](C#Cc1c(F)ccc2cccc(-c3ncc4c(N5CCCCCN5C(=O)OC(C)(C)C)nc(OC[C@@]56CCCN5C[C@H](F)C6)nc4c3F)c12)(C(C)C)C(C)C. The van der Waals surface area contributed by atoms with E-state index in [0.717, 1.165) is 38.6 Å². The van der Waals surface area contributed by atoms with Gasteiger partial charge in [0.2, 0.25) is 0 Å². The Morgan fingerprint density at radius 1 is 0.966 bits per heavy atom. The van der Waals surface area contributed by atoms with Crippen LogP contribution in [0.4, 0.5) is 23.8 Å². The first-order chi connectivity index (χ1) is 28.0. The minimum atomic E-state index is -2.27. The fraction of sp³-hybridized carbons (Fsp3) is 0.565. The van der Waals surface area contributed by atoms with E-state index in [0.29, 0.717) is 59.0 Å². The van der Waals surface area contributed by atoms with Gasteiger partial charge in [-0.05, 0) is 87.5 Å². The van der Waals surface area contributed by atoms with Gasteiger partial charge < -0.3 is 9.47 Å². The number of amides is 1. The number of hydrazine groups is 1. The quantitative estimate of drug-likeness (QED) is 0.128. The van der Waals surface area contributed by atoms with Crippen molar-refractivity contribution in [3.63, 3.8) is 0 Å². The average molecular weight is 829 g/mol. The number of ether oxygens (including phenoxy) is 2. The molecular formula is C46H59F3N6O3Si. The molecule has 0 radical (unpaired) electrons. The lowest BCUT2D eigenvalue weighted by atomic mass is 9.95. The highest BCUT2D eigenvalue weighted by molar-refractivity contribution is 6.90. The van der Waals surface area contributed by atoms with E-state index in [1.54, 1.807) is 23.2 Å². The topological polar surface area (TPSA) is 83.9 Å². The van der Waals surface area contributed by atoms with Gasteiger partial charge >= 0.3 is 12.1 Å². The van der Waals surface area contributed by atoms with Gasteiger partial charge in [-0.15, -0.1) is 5.54 Å². The summed E-state index contributed by atoms with van der Waals surface area (Å²) in [6.45, 7) is 20.7. The highest BCUT2D eigenvalue weighted by atomic mass is 28.3. The van der Waals surface area contributed by atoms with Crippen LogP contribution in [-0.4, -0.2) is 89.1 Å². The summed E-state index contributed by atoms with van der Waals surface area (Å²) < 4.78 is 60.7. The monoisotopic (exact) mass is 828 g/mol. The Bertz CT molecular complexity index is 2270. The zero-order chi connectivity index (χ0) is 42.4. The molecule has 1 amide bonds. The number of halogens is 3. The van der Waals surface area contributed by atoms with E-state index in [1.165, 1.54) is 17.3 Å². The number of nitrogens with zero attached hydrogens (tertiary/aromatic N) is 6. The molecule has 0 spiro atoms. The van der Waals surface area contributed by atoms with Gasteiger partial charge in [0.1, 0.15) is 43.5 Å². The number of carbonyl (C=O) groups excluding carboxylic acids is 1. The number of hydrogen-bond acceptors (Lipinski definition) is 8. The van der Waals surface area contributed by atoms with Crippen molar-refractivity contribution in [3.05, 3.63) is 53.7 Å². The second-order valence-corrected chi connectivity index (χ2v) is 24.2. The molecule has 4 aromatic rings. The number of hydrogen-bond donors (Lipinski definition) is 0. The summed E-state index contributed by atoms with van der Waals surface area (Å²) in [5.74, 6) is 2.35. The highest BCUT2D eigenvalue weighted by Crippen LogP contribution is 2.43. The van der Waals surface area contributed by atoms with Gasteiger partial charge in [0, 0.05) is 43.2 Å². The summed E-state index contributed by atoms with van der Waals surface area (Å²) in [4.78, 5) is 30.2. The van der Waals surface area contributed by atoms with Crippen LogP contribution in [0.1, 0.15) is 106 Å². The molecule has 59 heavy (non-hydrogen) atoms. The van der Waals surface area contributed by atoms with Crippen LogP contribution in [0, 0.1) is 23.1 Å². The van der Waals surface area contributed by atoms with Crippen molar-refractivity contribution in [1.82, 2.24) is 24.9 Å². The summed E-state index contributed by atoms with van der Waals surface area (Å²) in [5, 5.41) is 4.69. The van der Waals surface area contributed by atoms with Gasteiger partial charge in [0.05, 0.1) is 16.5 Å². The zero-order valence-electron chi connectivity index (χ0n) is 36.1. The Balaban J connectivity index is 1.41. The number of aromatic nitrogens is 3. The van der Waals surface area contributed by atoms with Crippen LogP contribution in [0.3, 0.4) is 0 Å². The predicted molar refractivity (Wildman–Crippen MR) is 231 cm³/mol. The molecule has 316 valence electrons. The van der Waals surface area contributed by atoms with Crippen molar-refractivity contribution in [2.24, 2.45) is 0 Å². The molecule has 2 aromatic carbocycles. The van der Waals surface area contributed by atoms with Gasteiger partial charge in [0.15, 0.2) is 11.6 Å². The van der Waals surface area contributed by atoms with Gasteiger partial charge in [-0.25, -0.2) is 23.0 Å². The van der Waals surface area contributed by atoms with Crippen molar-refractivity contribution in [2.75, 3.05) is 37.8 Å². The fourth-order valence-electron chi connectivity index (χ4n) is 10.1. The van der Waals surface area contributed by atoms with E-state index < -0.39 is 43.1 Å². The highest BCUT2D eigenvalue weighted by Gasteiger charge is 2.49. The third-order valence-electron chi connectivity index (χ3n) is 12.8. The third kappa shape index (κ3) is 8.11. The fourth-order valence-corrected chi connectivity index (χ4v) is 15.3. The summed E-state index contributed by atoms with van der Waals surface area (Å²) in [5.41, 5.74) is 3.90. The Hall–Kier alpha value is -4.41. The van der Waals surface area contributed by atoms with Crippen molar-refractivity contribution in [1.29, 1.82) is 0 Å². The Morgan fingerprint density at radius 3 is 2.41 bits per heavy atom. The second-order valence-electron chi connectivity index (χ2n) is 18.6. The lowest BCUT2D eigenvalue weighted by Gasteiger charge is -2.38. The number of carbonyl (C=O) groups is 1. The molecule has 7 rings (SSSR count). The van der Waals surface area contributed by atoms with Gasteiger partial charge in [0.25, 0.3) is 0 Å². The number of rotatable bonds is 8. The number of alkyl halides is 1. The molecular weight excluding hydrogens is 770 g/mol. The predicted octanol–water partition coefficient (Wildman–Crippen LogP) is 10.8. The van der Waals surface area contributed by atoms with Crippen LogP contribution in [0.15, 0.2) is 36.5 Å². The first-order valence-corrected chi connectivity index (χ1v) is 23.6. The lowest BCUT2D eigenvalue weighted by molar-refractivity contribution is 0.0232. The van der Waals surface area contributed by atoms with Crippen LogP contribution in [0.2, 0.25) is 16.6 Å². The van der Waals surface area contributed by atoms with Crippen LogP contribution in [0.25, 0.3) is 32.9 Å². The molecule has 0 aliphatic carbocycles. The first kappa shape index (κ1) is 42.7. The molecule has 0 bridgehead atoms. The van der Waals surface area contributed by atoms with Gasteiger partial charge in [-0.2, -0.15) is 9.97 Å². The van der Waals surface area contributed by atoms with Crippen molar-refractivity contribution < 1.29 is 27.4 Å². The Labute approximate surface area is 348 Å². The number of fused-ring (bicyclic) bond motifs is 3. The molecule has 0 saturated carbocycles. The summed E-state index contributed by atoms with van der Waals surface area (Å²) in [7, 11) is -2.27. The molecule has 3 fully saturated rings. The van der Waals surface area contributed by atoms with Crippen LogP contribution < -0.4 is 9.75 Å². The van der Waals surface area contributed by atoms with Crippen LogP contribution in [-0.2, 0) is 4.74 Å². The minimum absolute atomic E-state index is 0.0241. The smallest absolute Gasteiger partial charge is 0.429 e. The maximum Gasteiger partial charge on any atom is 0.429 e. The Morgan fingerprint density at radius 2 is 1.69 bits per heavy atom. The molecule has 3 aliphatic rings. The average Bonchev–Trinajstić information content (AvgIpc) is 3.57. The molecule has 5 heterocycles. The number of anilines is 1. The van der Waals surface area contributed by atoms with E-state index in [4.69, 9.17) is 19.4 Å². The van der Waals surface area contributed by atoms with E-state index >= 15 is 8.78 Å². The molecule has 3 saturated heterocycles. The molecule has 2 atom stereocenters. The minimum Gasteiger partial charge on any atom is -0.461 e. The van der Waals surface area contributed by atoms with Crippen molar-refractivity contribution in [3.8, 4) is 28.7 Å². The van der Waals surface area contributed by atoms with Crippen molar-refractivity contribution >= 4 is 41.7 Å². The Kier molecular flexibility index (Phi) is 12.0. The van der Waals surface area contributed by atoms with Crippen LogP contribution >= 0.6 is 0 Å². The van der Waals surface area contributed by atoms with Crippen LogP contribution in [0.5, 0.6) is 6.01 Å². The molecule has 9 nitrogen and oxygen atoms in total. The van der Waals surface area contributed by atoms with Crippen molar-refractivity contribution in [2.45, 2.75) is 135 Å². The first-order valence-electron chi connectivity index (χ1n) is 21.4. The molecule has 3 aliphatic heterocycles. The maximum atomic E-state index is 17.6. The molecule has 2 aromatic heterocycles. The van der Waals surface area contributed by atoms with Gasteiger partial charge in [-0.1, -0.05) is 71.7 Å². The number of benzene rings is 2. The van der Waals surface area contributed by atoms with Gasteiger partial charge in [-0.3, -0.25) is 14.9 Å². The normalized spacial score (nSPS) is 20.4. The number of pyridine rings is 1. The summed E-state index contributed by atoms with van der Waals surface area (Å²) in [6, 6.07) is 8.42. The van der Waals surface area contributed by atoms with E-state index in [1.807, 2.05) is 26.8 Å². The summed E-state index contributed by atoms with van der Waals surface area (Å²) >= 11 is 0. The summed E-state index contributed by atoms with van der Waals surface area (Å²) in [6.07, 6.45) is 4.38. The molecule has 0 unspecified atom stereocenters. The van der Waals surface area contributed by atoms with E-state index in [9.17, 15) is 9.18 Å². The van der Waals surface area contributed by atoms with E-state index in [2.05, 4.69) is 62.9 Å². The third-order valence-corrected chi connectivity index (χ3v) is 19.1. The maximum absolute atomic E-state index is 17.6. The lowest BCUT2D eigenvalue weighted by Crippen LogP contribution is -2.49. The largest absolute Gasteiger partial charge is 0.461 e. The zero-order valence-corrected chi connectivity index (χ0v) is 37.1. The molecule has 13 heteroatoms. The standard InChI is InChI=1S/C46H59F3N6O3Si/c1-29(2)59(30(3)4,31(5)6)24-19-34-37(48)18-17-32-15-13-16-35(38(32)34)40-39(49)41-36(26-50-40)42(54-22-11-10-12-23-55(54)44(56)58-45(7,8)9)52-43(51-41)57-28-46-20-14-21-53(46)27-33(47)25-46/h13,15-18,26,29-31,33H,10-12,14,20-23,25,27-28H2,1-9H3/t33-,46+/m1/s1. The van der Waals surface area contributed by atoms with E-state index in [-0.39, 0.29) is 40.6 Å². The second kappa shape index (κ2) is 16.6.